The number of amides is 2. The summed E-state index contributed by atoms with van der Waals surface area (Å²) in [6, 6.07) is 4.94. The van der Waals surface area contributed by atoms with E-state index in [0.717, 1.165) is 19.5 Å². The van der Waals surface area contributed by atoms with Crippen LogP contribution in [0.25, 0.3) is 0 Å². The number of guanidine groups is 1. The van der Waals surface area contributed by atoms with Crippen LogP contribution < -0.4 is 16.0 Å². The van der Waals surface area contributed by atoms with Crippen molar-refractivity contribution in [2.24, 2.45) is 4.99 Å². The molecular formula is C19H27Cl2N5O2. The van der Waals surface area contributed by atoms with Crippen LogP contribution >= 0.6 is 23.2 Å². The van der Waals surface area contributed by atoms with Gasteiger partial charge in [-0.25, -0.2) is 0 Å². The Morgan fingerprint density at radius 1 is 1.21 bits per heavy atom. The second-order valence-electron chi connectivity index (χ2n) is 6.47. The van der Waals surface area contributed by atoms with Gasteiger partial charge in [-0.05, 0) is 31.5 Å². The Kier molecular flexibility index (Phi) is 8.86. The van der Waals surface area contributed by atoms with Gasteiger partial charge in [0.15, 0.2) is 5.96 Å². The number of benzene rings is 1. The Bertz CT molecular complexity index is 726. The quantitative estimate of drug-likeness (QED) is 0.354. The van der Waals surface area contributed by atoms with E-state index in [1.54, 1.807) is 12.1 Å². The molecule has 1 aromatic carbocycles. The van der Waals surface area contributed by atoms with E-state index in [1.165, 1.54) is 6.07 Å². The SMILES string of the molecule is CCNC(=NCCNC(=O)c1ccc(Cl)c(Cl)c1)NC1CCN(C(=O)CC)C1. The van der Waals surface area contributed by atoms with E-state index >= 15 is 0 Å². The molecule has 7 nitrogen and oxygen atoms in total. The Labute approximate surface area is 175 Å². The third kappa shape index (κ3) is 6.56. The maximum atomic E-state index is 12.2. The highest BCUT2D eigenvalue weighted by Crippen LogP contribution is 2.22. The smallest absolute Gasteiger partial charge is 0.251 e. The van der Waals surface area contributed by atoms with Gasteiger partial charge in [-0.15, -0.1) is 0 Å². The maximum absolute atomic E-state index is 12.2. The Balaban J connectivity index is 1.81. The second-order valence-corrected chi connectivity index (χ2v) is 7.28. The molecule has 1 fully saturated rings. The van der Waals surface area contributed by atoms with Crippen molar-refractivity contribution >= 4 is 41.0 Å². The van der Waals surface area contributed by atoms with Crippen LogP contribution in [0.1, 0.15) is 37.0 Å². The van der Waals surface area contributed by atoms with Gasteiger partial charge in [0.2, 0.25) is 5.91 Å². The van der Waals surface area contributed by atoms with E-state index in [4.69, 9.17) is 23.2 Å². The molecule has 1 heterocycles. The molecule has 1 saturated heterocycles. The molecule has 1 aliphatic heterocycles. The Hall–Kier alpha value is -1.99. The predicted molar refractivity (Wildman–Crippen MR) is 113 cm³/mol. The van der Waals surface area contributed by atoms with Crippen molar-refractivity contribution in [3.05, 3.63) is 33.8 Å². The zero-order valence-corrected chi connectivity index (χ0v) is 17.7. The molecule has 0 radical (unpaired) electrons. The lowest BCUT2D eigenvalue weighted by atomic mass is 10.2. The summed E-state index contributed by atoms with van der Waals surface area (Å²) < 4.78 is 0. The van der Waals surface area contributed by atoms with Gasteiger partial charge in [0, 0.05) is 44.2 Å². The number of carbonyl (C=O) groups is 2. The van der Waals surface area contributed by atoms with Gasteiger partial charge in [0.05, 0.1) is 16.6 Å². The third-order valence-electron chi connectivity index (χ3n) is 4.38. The lowest BCUT2D eigenvalue weighted by Gasteiger charge is -2.18. The molecule has 1 aliphatic rings. The molecule has 2 amide bonds. The minimum absolute atomic E-state index is 0.177. The maximum Gasteiger partial charge on any atom is 0.251 e. The van der Waals surface area contributed by atoms with Crippen molar-refractivity contribution in [3.63, 3.8) is 0 Å². The molecule has 2 rings (SSSR count). The normalized spacial score (nSPS) is 16.8. The van der Waals surface area contributed by atoms with Gasteiger partial charge in [0.1, 0.15) is 0 Å². The molecule has 0 aliphatic carbocycles. The van der Waals surface area contributed by atoms with E-state index < -0.39 is 0 Å². The highest BCUT2D eigenvalue weighted by Gasteiger charge is 2.25. The first kappa shape index (κ1) is 22.3. The summed E-state index contributed by atoms with van der Waals surface area (Å²) in [4.78, 5) is 30.3. The molecule has 3 N–H and O–H groups in total. The lowest BCUT2D eigenvalue weighted by Crippen LogP contribution is -2.45. The van der Waals surface area contributed by atoms with Gasteiger partial charge < -0.3 is 20.9 Å². The number of hydrogen-bond acceptors (Lipinski definition) is 3. The fourth-order valence-electron chi connectivity index (χ4n) is 2.92. The number of likely N-dealkylation sites (tertiary alicyclic amines) is 1. The van der Waals surface area contributed by atoms with Gasteiger partial charge in [0.25, 0.3) is 5.91 Å². The summed E-state index contributed by atoms with van der Waals surface area (Å²) in [5.74, 6) is 0.634. The molecular weight excluding hydrogens is 401 g/mol. The minimum Gasteiger partial charge on any atom is -0.357 e. The summed E-state index contributed by atoms with van der Waals surface area (Å²) in [7, 11) is 0. The van der Waals surface area contributed by atoms with Crippen LogP contribution in [-0.2, 0) is 4.79 Å². The van der Waals surface area contributed by atoms with E-state index in [9.17, 15) is 9.59 Å². The molecule has 1 unspecified atom stereocenters. The van der Waals surface area contributed by atoms with Crippen molar-refractivity contribution in [3.8, 4) is 0 Å². The zero-order chi connectivity index (χ0) is 20.5. The van der Waals surface area contributed by atoms with Crippen molar-refractivity contribution in [2.75, 3.05) is 32.7 Å². The molecule has 0 saturated carbocycles. The Morgan fingerprint density at radius 2 is 2.00 bits per heavy atom. The number of aliphatic imine (C=N–C) groups is 1. The average Bonchev–Trinajstić information content (AvgIpc) is 3.15. The molecule has 1 aromatic rings. The fourth-order valence-corrected chi connectivity index (χ4v) is 3.22. The topological polar surface area (TPSA) is 85.8 Å². The summed E-state index contributed by atoms with van der Waals surface area (Å²) in [6.07, 6.45) is 1.42. The largest absolute Gasteiger partial charge is 0.357 e. The van der Waals surface area contributed by atoms with Gasteiger partial charge in [-0.2, -0.15) is 0 Å². The Morgan fingerprint density at radius 3 is 2.68 bits per heavy atom. The molecule has 154 valence electrons. The fraction of sp³-hybridized carbons (Fsp3) is 0.526. The highest BCUT2D eigenvalue weighted by molar-refractivity contribution is 6.42. The van der Waals surface area contributed by atoms with E-state index in [0.29, 0.717) is 47.6 Å². The minimum atomic E-state index is -0.226. The average molecular weight is 428 g/mol. The molecule has 0 spiro atoms. The molecule has 0 aromatic heterocycles. The van der Waals surface area contributed by atoms with Gasteiger partial charge in [-0.1, -0.05) is 30.1 Å². The van der Waals surface area contributed by atoms with Crippen LogP contribution in [0.3, 0.4) is 0 Å². The second kappa shape index (κ2) is 11.1. The van der Waals surface area contributed by atoms with Crippen LogP contribution in [0.5, 0.6) is 0 Å². The zero-order valence-electron chi connectivity index (χ0n) is 16.2. The first-order chi connectivity index (χ1) is 13.4. The van der Waals surface area contributed by atoms with Crippen LogP contribution in [0.15, 0.2) is 23.2 Å². The van der Waals surface area contributed by atoms with Crippen molar-refractivity contribution in [1.82, 2.24) is 20.9 Å². The number of hydrogen-bond donors (Lipinski definition) is 3. The van der Waals surface area contributed by atoms with Crippen LogP contribution in [-0.4, -0.2) is 61.4 Å². The summed E-state index contributed by atoms with van der Waals surface area (Å²) in [5.41, 5.74) is 0.454. The van der Waals surface area contributed by atoms with Crippen LogP contribution in [0.2, 0.25) is 10.0 Å². The van der Waals surface area contributed by atoms with Gasteiger partial charge in [-0.3, -0.25) is 14.6 Å². The van der Waals surface area contributed by atoms with Gasteiger partial charge >= 0.3 is 0 Å². The number of nitrogens with one attached hydrogen (secondary N) is 3. The molecule has 0 bridgehead atoms. The molecule has 9 heteroatoms. The number of nitrogens with zero attached hydrogens (tertiary/aromatic N) is 2. The van der Waals surface area contributed by atoms with Crippen molar-refractivity contribution in [1.29, 1.82) is 0 Å². The first-order valence-electron chi connectivity index (χ1n) is 9.50. The van der Waals surface area contributed by atoms with Crippen molar-refractivity contribution < 1.29 is 9.59 Å². The highest BCUT2D eigenvalue weighted by atomic mass is 35.5. The third-order valence-corrected chi connectivity index (χ3v) is 5.12. The molecule has 28 heavy (non-hydrogen) atoms. The van der Waals surface area contributed by atoms with Crippen LogP contribution in [0.4, 0.5) is 0 Å². The van der Waals surface area contributed by atoms with E-state index in [2.05, 4.69) is 20.9 Å². The number of rotatable bonds is 7. The van der Waals surface area contributed by atoms with E-state index in [-0.39, 0.29) is 17.9 Å². The number of carbonyl (C=O) groups excluding carboxylic acids is 2. The van der Waals surface area contributed by atoms with E-state index in [1.807, 2.05) is 18.7 Å². The lowest BCUT2D eigenvalue weighted by molar-refractivity contribution is -0.129. The summed E-state index contributed by atoms with van der Waals surface area (Å²) in [5, 5.41) is 10.1. The predicted octanol–water partition coefficient (Wildman–Crippen LogP) is 2.29. The van der Waals surface area contributed by atoms with Crippen LogP contribution in [0, 0.1) is 0 Å². The first-order valence-corrected chi connectivity index (χ1v) is 10.3. The summed E-state index contributed by atoms with van der Waals surface area (Å²) in [6.45, 7) is 6.86. The monoisotopic (exact) mass is 427 g/mol. The molecule has 1 atom stereocenters. The van der Waals surface area contributed by atoms with Crippen molar-refractivity contribution in [2.45, 2.75) is 32.7 Å². The standard InChI is InChI=1S/C19H27Cl2N5O2/c1-3-17(27)26-10-7-14(12-26)25-19(22-4-2)24-9-8-23-18(28)13-5-6-15(20)16(21)11-13/h5-6,11,14H,3-4,7-10,12H2,1-2H3,(H,23,28)(H2,22,24,25). The summed E-state index contributed by atoms with van der Waals surface area (Å²) >= 11 is 11.8. The number of halogens is 2.